The van der Waals surface area contributed by atoms with Gasteiger partial charge in [0.15, 0.2) is 0 Å². The fourth-order valence-electron chi connectivity index (χ4n) is 0.237. The zero-order chi connectivity index (χ0) is 7.49. The van der Waals surface area contributed by atoms with Crippen LogP contribution in [0.4, 0.5) is 0 Å². The van der Waals surface area contributed by atoms with Crippen LogP contribution in [0.25, 0.3) is 0 Å². The van der Waals surface area contributed by atoms with E-state index in [1.807, 2.05) is 0 Å². The van der Waals surface area contributed by atoms with Crippen molar-refractivity contribution < 1.29 is 13.0 Å². The van der Waals surface area contributed by atoms with Crippen molar-refractivity contribution in [2.24, 2.45) is 5.73 Å². The maximum atomic E-state index is 9.99. The van der Waals surface area contributed by atoms with Crippen molar-refractivity contribution in [1.82, 2.24) is 0 Å². The molecule has 0 heterocycles. The molecule has 0 unspecified atom stereocenters. The van der Waals surface area contributed by atoms with Crippen LogP contribution in [-0.4, -0.2) is 18.7 Å². The monoisotopic (exact) mass is 151 g/mol. The molecule has 0 aromatic carbocycles. The van der Waals surface area contributed by atoms with Gasteiger partial charge in [0.05, 0.1) is 5.75 Å². The lowest BCUT2D eigenvalue weighted by Gasteiger charge is -1.88. The summed E-state index contributed by atoms with van der Waals surface area (Å²) in [6, 6.07) is 0. The van der Waals surface area contributed by atoms with Crippen LogP contribution in [0.2, 0.25) is 0 Å². The standard InChI is InChI=1S/C4H9NO3S/c1-4(5)2-3-9(6,7)8/h2H,3,5H2,1H3,(H,6,7,8). The van der Waals surface area contributed by atoms with Gasteiger partial charge in [0.1, 0.15) is 0 Å². The summed E-state index contributed by atoms with van der Waals surface area (Å²) in [7, 11) is -3.88. The Balaban J connectivity index is 3.95. The van der Waals surface area contributed by atoms with E-state index in [4.69, 9.17) is 10.3 Å². The van der Waals surface area contributed by atoms with E-state index in [1.165, 1.54) is 6.08 Å². The van der Waals surface area contributed by atoms with E-state index in [9.17, 15) is 8.42 Å². The van der Waals surface area contributed by atoms with Crippen LogP contribution in [-0.2, 0) is 10.1 Å². The largest absolute Gasteiger partial charge is 0.402 e. The van der Waals surface area contributed by atoms with Crippen molar-refractivity contribution >= 4 is 10.1 Å². The zero-order valence-electron chi connectivity index (χ0n) is 5.03. The second-order valence-corrected chi connectivity index (χ2v) is 3.19. The van der Waals surface area contributed by atoms with Crippen molar-refractivity contribution in [1.29, 1.82) is 0 Å². The summed E-state index contributed by atoms with van der Waals surface area (Å²) in [5, 5.41) is 0. The van der Waals surface area contributed by atoms with Crippen molar-refractivity contribution in [2.75, 3.05) is 5.75 Å². The third kappa shape index (κ3) is 7.45. The van der Waals surface area contributed by atoms with E-state index in [0.717, 1.165) is 0 Å². The van der Waals surface area contributed by atoms with Crippen LogP contribution in [0.3, 0.4) is 0 Å². The fourth-order valence-corrected chi connectivity index (χ4v) is 0.710. The van der Waals surface area contributed by atoms with Crippen LogP contribution in [0.5, 0.6) is 0 Å². The summed E-state index contributed by atoms with van der Waals surface area (Å²) in [6.45, 7) is 1.55. The predicted molar refractivity (Wildman–Crippen MR) is 34.4 cm³/mol. The van der Waals surface area contributed by atoms with Gasteiger partial charge in [0.2, 0.25) is 0 Å². The van der Waals surface area contributed by atoms with Gasteiger partial charge in [0, 0.05) is 5.70 Å². The molecule has 0 saturated carbocycles. The molecule has 0 bridgehead atoms. The minimum atomic E-state index is -3.88. The second-order valence-electron chi connectivity index (χ2n) is 1.70. The molecule has 0 radical (unpaired) electrons. The average Bonchev–Trinajstić information content (AvgIpc) is 1.59. The Hall–Kier alpha value is -0.550. The Morgan fingerprint density at radius 1 is 1.78 bits per heavy atom. The van der Waals surface area contributed by atoms with Gasteiger partial charge in [-0.1, -0.05) is 0 Å². The number of hydrogen-bond donors (Lipinski definition) is 2. The first-order valence-corrected chi connectivity index (χ1v) is 3.90. The van der Waals surface area contributed by atoms with Crippen LogP contribution in [0.15, 0.2) is 11.8 Å². The molecular weight excluding hydrogens is 142 g/mol. The third-order valence-electron chi connectivity index (χ3n) is 0.616. The van der Waals surface area contributed by atoms with E-state index < -0.39 is 15.9 Å². The molecule has 0 aliphatic heterocycles. The SMILES string of the molecule is CC(N)=CCS(=O)(=O)O. The van der Waals surface area contributed by atoms with Crippen molar-refractivity contribution in [2.45, 2.75) is 6.92 Å². The van der Waals surface area contributed by atoms with E-state index in [1.54, 1.807) is 6.92 Å². The minimum absolute atomic E-state index is 0.382. The van der Waals surface area contributed by atoms with Gasteiger partial charge in [-0.2, -0.15) is 8.42 Å². The Morgan fingerprint density at radius 2 is 2.22 bits per heavy atom. The summed E-state index contributed by atoms with van der Waals surface area (Å²) in [5.41, 5.74) is 5.47. The van der Waals surface area contributed by atoms with Crippen molar-refractivity contribution in [3.63, 3.8) is 0 Å². The molecule has 0 amide bonds. The molecule has 4 nitrogen and oxygen atoms in total. The maximum absolute atomic E-state index is 9.99. The molecule has 0 atom stereocenters. The summed E-state index contributed by atoms with van der Waals surface area (Å²) >= 11 is 0. The van der Waals surface area contributed by atoms with Crippen LogP contribution in [0.1, 0.15) is 6.92 Å². The van der Waals surface area contributed by atoms with E-state index in [-0.39, 0.29) is 0 Å². The zero-order valence-corrected chi connectivity index (χ0v) is 5.85. The van der Waals surface area contributed by atoms with Crippen LogP contribution >= 0.6 is 0 Å². The Labute approximate surface area is 54.1 Å². The Bertz CT molecular complexity index is 200. The molecule has 0 spiro atoms. The predicted octanol–water partition coefficient (Wildman–Crippen LogP) is -0.263. The van der Waals surface area contributed by atoms with E-state index in [2.05, 4.69) is 0 Å². The van der Waals surface area contributed by atoms with E-state index in [0.29, 0.717) is 5.70 Å². The van der Waals surface area contributed by atoms with Gasteiger partial charge in [0.25, 0.3) is 10.1 Å². The normalized spacial score (nSPS) is 13.8. The first-order chi connectivity index (χ1) is 3.92. The summed E-state index contributed by atoms with van der Waals surface area (Å²) in [4.78, 5) is 0. The molecule has 0 aromatic rings. The quantitative estimate of drug-likeness (QED) is 0.533. The summed E-state index contributed by atoms with van der Waals surface area (Å²) in [6.07, 6.45) is 1.23. The number of nitrogens with two attached hydrogens (primary N) is 1. The lowest BCUT2D eigenvalue weighted by Crippen LogP contribution is -2.03. The third-order valence-corrected chi connectivity index (χ3v) is 1.20. The molecule has 0 aliphatic carbocycles. The van der Waals surface area contributed by atoms with Gasteiger partial charge in [-0.05, 0) is 13.0 Å². The number of rotatable bonds is 2. The van der Waals surface area contributed by atoms with Gasteiger partial charge >= 0.3 is 0 Å². The van der Waals surface area contributed by atoms with Crippen LogP contribution < -0.4 is 5.73 Å². The fraction of sp³-hybridized carbons (Fsp3) is 0.500. The smallest absolute Gasteiger partial charge is 0.268 e. The lowest BCUT2D eigenvalue weighted by molar-refractivity contribution is 0.486. The van der Waals surface area contributed by atoms with Crippen LogP contribution in [0, 0.1) is 0 Å². The highest BCUT2D eigenvalue weighted by Crippen LogP contribution is 1.85. The molecule has 0 rings (SSSR count). The molecule has 0 aliphatic rings. The molecule has 5 heteroatoms. The molecule has 3 N–H and O–H groups in total. The molecule has 0 aromatic heterocycles. The average molecular weight is 151 g/mol. The summed E-state index contributed by atoms with van der Waals surface area (Å²) in [5.74, 6) is -0.407. The van der Waals surface area contributed by atoms with E-state index >= 15 is 0 Å². The molecule has 54 valence electrons. The number of allylic oxidation sites excluding steroid dienone is 1. The Morgan fingerprint density at radius 3 is 2.33 bits per heavy atom. The number of hydrogen-bond acceptors (Lipinski definition) is 3. The topological polar surface area (TPSA) is 80.4 Å². The maximum Gasteiger partial charge on any atom is 0.268 e. The minimum Gasteiger partial charge on any atom is -0.402 e. The van der Waals surface area contributed by atoms with Crippen molar-refractivity contribution in [3.8, 4) is 0 Å². The molecule has 9 heavy (non-hydrogen) atoms. The second kappa shape index (κ2) is 2.84. The first kappa shape index (κ1) is 8.45. The molecule has 0 saturated heterocycles. The lowest BCUT2D eigenvalue weighted by atomic mass is 10.5. The highest BCUT2D eigenvalue weighted by atomic mass is 32.2. The van der Waals surface area contributed by atoms with Gasteiger partial charge in [-0.25, -0.2) is 0 Å². The molecular formula is C4H9NO3S. The highest BCUT2D eigenvalue weighted by Gasteiger charge is 1.98. The van der Waals surface area contributed by atoms with Gasteiger partial charge in [-0.3, -0.25) is 4.55 Å². The Kier molecular flexibility index (Phi) is 2.66. The molecule has 0 fully saturated rings. The first-order valence-electron chi connectivity index (χ1n) is 2.29. The highest BCUT2D eigenvalue weighted by molar-refractivity contribution is 7.85. The summed E-state index contributed by atoms with van der Waals surface area (Å²) < 4.78 is 28.1. The van der Waals surface area contributed by atoms with Gasteiger partial charge < -0.3 is 5.73 Å². The van der Waals surface area contributed by atoms with Gasteiger partial charge in [-0.15, -0.1) is 0 Å². The van der Waals surface area contributed by atoms with Crippen molar-refractivity contribution in [3.05, 3.63) is 11.8 Å².